The van der Waals surface area contributed by atoms with Crippen molar-refractivity contribution in [3.8, 4) is 0 Å². The molecule has 6 heteroatoms. The number of benzene rings is 1. The van der Waals surface area contributed by atoms with Crippen LogP contribution < -0.4 is 0 Å². The third-order valence-corrected chi connectivity index (χ3v) is 4.33. The fourth-order valence-corrected chi connectivity index (χ4v) is 3.01. The number of thioether (sulfide) groups is 1. The van der Waals surface area contributed by atoms with E-state index in [1.54, 1.807) is 17.0 Å². The molecule has 108 valence electrons. The van der Waals surface area contributed by atoms with Crippen LogP contribution in [-0.2, 0) is 9.59 Å². The predicted molar refractivity (Wildman–Crippen MR) is 74.1 cm³/mol. The molecule has 0 atom stereocenters. The number of aliphatic carboxylic acids is 1. The van der Waals surface area contributed by atoms with E-state index in [-0.39, 0.29) is 23.4 Å². The predicted octanol–water partition coefficient (Wildman–Crippen LogP) is 2.24. The van der Waals surface area contributed by atoms with Gasteiger partial charge in [-0.3, -0.25) is 9.59 Å². The first-order valence-electron chi connectivity index (χ1n) is 6.45. The van der Waals surface area contributed by atoms with Gasteiger partial charge in [-0.2, -0.15) is 0 Å². The number of carboxylic acids is 1. The van der Waals surface area contributed by atoms with Crippen molar-refractivity contribution in [3.05, 3.63) is 30.1 Å². The highest BCUT2D eigenvalue weighted by Crippen LogP contribution is 2.21. The van der Waals surface area contributed by atoms with Gasteiger partial charge in [-0.05, 0) is 31.0 Å². The van der Waals surface area contributed by atoms with Crippen molar-refractivity contribution >= 4 is 23.6 Å². The van der Waals surface area contributed by atoms with Gasteiger partial charge < -0.3 is 10.0 Å². The van der Waals surface area contributed by atoms with E-state index in [2.05, 4.69) is 0 Å². The van der Waals surface area contributed by atoms with Crippen molar-refractivity contribution < 1.29 is 19.1 Å². The maximum atomic E-state index is 13.0. The van der Waals surface area contributed by atoms with Crippen molar-refractivity contribution in [1.29, 1.82) is 0 Å². The molecule has 20 heavy (non-hydrogen) atoms. The molecular formula is C14H16FNO3S. The lowest BCUT2D eigenvalue weighted by Gasteiger charge is -2.30. The van der Waals surface area contributed by atoms with Gasteiger partial charge >= 0.3 is 5.97 Å². The molecule has 1 amide bonds. The average molecular weight is 297 g/mol. The molecule has 0 radical (unpaired) electrons. The molecule has 0 aliphatic carbocycles. The first kappa shape index (κ1) is 14.8. The summed E-state index contributed by atoms with van der Waals surface area (Å²) in [5.41, 5.74) is 0. The zero-order valence-electron chi connectivity index (χ0n) is 10.9. The summed E-state index contributed by atoms with van der Waals surface area (Å²) >= 11 is 1.30. The Morgan fingerprint density at radius 2 is 2.05 bits per heavy atom. The van der Waals surface area contributed by atoms with E-state index < -0.39 is 5.97 Å². The molecule has 0 spiro atoms. The first-order valence-corrected chi connectivity index (χ1v) is 7.44. The second-order valence-corrected chi connectivity index (χ2v) is 5.79. The largest absolute Gasteiger partial charge is 0.481 e. The van der Waals surface area contributed by atoms with Gasteiger partial charge in [0.15, 0.2) is 0 Å². The Kier molecular flexibility index (Phi) is 5.00. The second kappa shape index (κ2) is 6.74. The third kappa shape index (κ3) is 3.96. The molecule has 1 fully saturated rings. The average Bonchev–Trinajstić information content (AvgIpc) is 2.45. The van der Waals surface area contributed by atoms with Crippen LogP contribution in [-0.4, -0.2) is 40.7 Å². The molecule has 0 bridgehead atoms. The molecule has 0 unspecified atom stereocenters. The van der Waals surface area contributed by atoms with Crippen LogP contribution in [0.1, 0.15) is 12.8 Å². The van der Waals surface area contributed by atoms with E-state index >= 15 is 0 Å². The van der Waals surface area contributed by atoms with Crippen molar-refractivity contribution in [1.82, 2.24) is 4.90 Å². The number of amides is 1. The Hall–Kier alpha value is -1.56. The molecule has 1 aliphatic heterocycles. The summed E-state index contributed by atoms with van der Waals surface area (Å²) in [6.07, 6.45) is 1.01. The van der Waals surface area contributed by atoms with Crippen LogP contribution in [0.15, 0.2) is 29.2 Å². The van der Waals surface area contributed by atoms with E-state index in [1.165, 1.54) is 23.9 Å². The number of piperidine rings is 1. The van der Waals surface area contributed by atoms with Gasteiger partial charge in [0.25, 0.3) is 0 Å². The molecule has 1 saturated heterocycles. The number of likely N-dealkylation sites (tertiary alicyclic amines) is 1. The summed E-state index contributed by atoms with van der Waals surface area (Å²) in [6, 6.07) is 6.13. The normalized spacial score (nSPS) is 16.1. The number of hydrogen-bond donors (Lipinski definition) is 1. The minimum Gasteiger partial charge on any atom is -0.481 e. The summed E-state index contributed by atoms with van der Waals surface area (Å²) in [6.45, 7) is 0.971. The Morgan fingerprint density at radius 3 is 2.65 bits per heavy atom. The monoisotopic (exact) mass is 297 g/mol. The van der Waals surface area contributed by atoms with Gasteiger partial charge in [0.2, 0.25) is 5.91 Å². The highest BCUT2D eigenvalue weighted by Gasteiger charge is 2.26. The van der Waals surface area contributed by atoms with E-state index in [0.29, 0.717) is 25.9 Å². The highest BCUT2D eigenvalue weighted by atomic mass is 32.2. The lowest BCUT2D eigenvalue weighted by atomic mass is 9.97. The number of rotatable bonds is 4. The van der Waals surface area contributed by atoms with Crippen LogP contribution >= 0.6 is 11.8 Å². The van der Waals surface area contributed by atoms with E-state index in [1.807, 2.05) is 0 Å². The van der Waals surface area contributed by atoms with Crippen LogP contribution in [0.5, 0.6) is 0 Å². The molecule has 0 aromatic heterocycles. The molecule has 0 saturated carbocycles. The fraction of sp³-hybridized carbons (Fsp3) is 0.429. The number of nitrogens with zero attached hydrogens (tertiary/aromatic N) is 1. The Labute approximate surface area is 121 Å². The Bertz CT molecular complexity index is 501. The zero-order valence-corrected chi connectivity index (χ0v) is 11.7. The molecule has 1 aliphatic rings. The molecule has 1 aromatic rings. The number of hydrogen-bond acceptors (Lipinski definition) is 3. The number of carbonyl (C=O) groups excluding carboxylic acids is 1. The van der Waals surface area contributed by atoms with Crippen LogP contribution in [0.25, 0.3) is 0 Å². The topological polar surface area (TPSA) is 57.6 Å². The standard InChI is InChI=1S/C14H16FNO3S/c15-11-2-1-3-12(8-11)20-9-13(17)16-6-4-10(5-7-16)14(18)19/h1-3,8,10H,4-7,9H2,(H,18,19). The highest BCUT2D eigenvalue weighted by molar-refractivity contribution is 8.00. The molecule has 2 rings (SSSR count). The van der Waals surface area contributed by atoms with Gasteiger partial charge in [0.1, 0.15) is 5.82 Å². The van der Waals surface area contributed by atoms with Crippen molar-refractivity contribution in [2.24, 2.45) is 5.92 Å². The molecule has 1 N–H and O–H groups in total. The first-order chi connectivity index (χ1) is 9.56. The van der Waals surface area contributed by atoms with Crippen LogP contribution in [0.2, 0.25) is 0 Å². The molecule has 1 heterocycles. The molecule has 1 aromatic carbocycles. The SMILES string of the molecule is O=C(O)C1CCN(C(=O)CSc2cccc(F)c2)CC1. The van der Waals surface area contributed by atoms with Gasteiger partial charge in [-0.15, -0.1) is 11.8 Å². The van der Waals surface area contributed by atoms with Crippen LogP contribution in [0, 0.1) is 11.7 Å². The minimum absolute atomic E-state index is 0.0249. The summed E-state index contributed by atoms with van der Waals surface area (Å²) in [5, 5.41) is 8.90. The van der Waals surface area contributed by atoms with Crippen molar-refractivity contribution in [2.45, 2.75) is 17.7 Å². The quantitative estimate of drug-likeness (QED) is 0.866. The van der Waals surface area contributed by atoms with Gasteiger partial charge in [-0.25, -0.2) is 4.39 Å². The second-order valence-electron chi connectivity index (χ2n) is 4.74. The Morgan fingerprint density at radius 1 is 1.35 bits per heavy atom. The summed E-state index contributed by atoms with van der Waals surface area (Å²) in [7, 11) is 0. The summed E-state index contributed by atoms with van der Waals surface area (Å²) in [4.78, 5) is 25.2. The number of halogens is 1. The van der Waals surface area contributed by atoms with Crippen LogP contribution in [0.4, 0.5) is 4.39 Å². The van der Waals surface area contributed by atoms with Crippen LogP contribution in [0.3, 0.4) is 0 Å². The maximum Gasteiger partial charge on any atom is 0.306 e. The fourth-order valence-electron chi connectivity index (χ4n) is 2.17. The number of carboxylic acid groups (broad SMARTS) is 1. The van der Waals surface area contributed by atoms with Gasteiger partial charge in [0.05, 0.1) is 11.7 Å². The van der Waals surface area contributed by atoms with Gasteiger partial charge in [0, 0.05) is 18.0 Å². The maximum absolute atomic E-state index is 13.0. The summed E-state index contributed by atoms with van der Waals surface area (Å²) in [5.74, 6) is -1.21. The van der Waals surface area contributed by atoms with Crippen molar-refractivity contribution in [3.63, 3.8) is 0 Å². The third-order valence-electron chi connectivity index (χ3n) is 3.36. The smallest absolute Gasteiger partial charge is 0.306 e. The van der Waals surface area contributed by atoms with Crippen molar-refractivity contribution in [2.75, 3.05) is 18.8 Å². The van der Waals surface area contributed by atoms with E-state index in [9.17, 15) is 14.0 Å². The Balaban J connectivity index is 1.80. The summed E-state index contributed by atoms with van der Waals surface area (Å²) < 4.78 is 13.0. The lowest BCUT2D eigenvalue weighted by molar-refractivity contribution is -0.145. The van der Waals surface area contributed by atoms with E-state index in [4.69, 9.17) is 5.11 Å². The minimum atomic E-state index is -0.786. The lowest BCUT2D eigenvalue weighted by Crippen LogP contribution is -2.41. The number of carbonyl (C=O) groups is 2. The molecular weight excluding hydrogens is 281 g/mol. The zero-order chi connectivity index (χ0) is 14.5. The van der Waals surface area contributed by atoms with E-state index in [0.717, 1.165) is 4.90 Å². The van der Waals surface area contributed by atoms with Gasteiger partial charge in [-0.1, -0.05) is 6.07 Å². The molecule has 4 nitrogen and oxygen atoms in total.